The van der Waals surface area contributed by atoms with Crippen molar-refractivity contribution in [2.75, 3.05) is 0 Å². The summed E-state index contributed by atoms with van der Waals surface area (Å²) in [5, 5.41) is 0.947. The van der Waals surface area contributed by atoms with Gasteiger partial charge in [0.15, 0.2) is 0 Å². The first-order valence-corrected chi connectivity index (χ1v) is 11.5. The van der Waals surface area contributed by atoms with Gasteiger partial charge in [-0.1, -0.05) is 28.9 Å². The second-order valence-corrected chi connectivity index (χ2v) is 9.06. The second kappa shape index (κ2) is 7.36. The van der Waals surface area contributed by atoms with Crippen LogP contribution in [0.4, 0.5) is 4.79 Å². The van der Waals surface area contributed by atoms with Gasteiger partial charge in [0.2, 0.25) is 5.60 Å². The Labute approximate surface area is 201 Å². The Kier molecular flexibility index (Phi) is 4.50. The van der Waals surface area contributed by atoms with Gasteiger partial charge in [-0.25, -0.2) is 24.1 Å². The van der Waals surface area contributed by atoms with E-state index in [0.717, 1.165) is 25.5 Å². The summed E-state index contributed by atoms with van der Waals surface area (Å²) in [5.41, 5.74) is 1.48. The number of carbonyl (C=O) groups excluding carboxylic acids is 2. The zero-order valence-electron chi connectivity index (χ0n) is 17.9. The van der Waals surface area contributed by atoms with Gasteiger partial charge >= 0.3 is 12.1 Å². The van der Waals surface area contributed by atoms with E-state index < -0.39 is 17.7 Å². The van der Waals surface area contributed by atoms with Crippen molar-refractivity contribution >= 4 is 38.9 Å². The summed E-state index contributed by atoms with van der Waals surface area (Å²) in [6, 6.07) is 9.50. The van der Waals surface area contributed by atoms with E-state index in [1.165, 1.54) is 18.7 Å². The first kappa shape index (κ1) is 20.8. The van der Waals surface area contributed by atoms with E-state index >= 15 is 0 Å². The molecule has 0 fully saturated rings. The van der Waals surface area contributed by atoms with E-state index in [9.17, 15) is 14.4 Å². The summed E-state index contributed by atoms with van der Waals surface area (Å²) < 4.78 is 14.8. The summed E-state index contributed by atoms with van der Waals surface area (Å²) in [7, 11) is 0. The molecule has 10 heteroatoms. The minimum Gasteiger partial charge on any atom is -0.457 e. The first-order valence-electron chi connectivity index (χ1n) is 10.7. The van der Waals surface area contributed by atoms with E-state index in [2.05, 4.69) is 20.9 Å². The van der Waals surface area contributed by atoms with Gasteiger partial charge in [0, 0.05) is 33.4 Å². The van der Waals surface area contributed by atoms with Gasteiger partial charge in [-0.05, 0) is 30.7 Å². The van der Waals surface area contributed by atoms with Gasteiger partial charge in [-0.2, -0.15) is 0 Å². The Bertz CT molecular complexity index is 1580. The number of hydrogen-bond acceptors (Lipinski definition) is 7. The summed E-state index contributed by atoms with van der Waals surface area (Å²) in [6.07, 6.45) is 3.42. The Balaban J connectivity index is 1.56. The SMILES string of the molecule is CC[C@@]1(OC(=O)n2ccnc2)C(=O)OCc2c1cc1n(c2=O)Cc2cc3c(Br)cccc3nc2-1. The average Bonchev–Trinajstić information content (AvgIpc) is 3.49. The molecule has 0 spiro atoms. The molecule has 2 aliphatic heterocycles. The molecular weight excluding hydrogens is 504 g/mol. The number of pyridine rings is 2. The van der Waals surface area contributed by atoms with Crippen LogP contribution in [-0.4, -0.2) is 31.2 Å². The maximum absolute atomic E-state index is 13.5. The molecule has 1 aromatic carbocycles. The fourth-order valence-corrected chi connectivity index (χ4v) is 5.16. The topological polar surface area (TPSA) is 105 Å². The van der Waals surface area contributed by atoms with Crippen LogP contribution in [0.25, 0.3) is 22.3 Å². The summed E-state index contributed by atoms with van der Waals surface area (Å²) >= 11 is 3.56. The van der Waals surface area contributed by atoms with Gasteiger partial charge in [-0.3, -0.25) is 4.79 Å². The Morgan fingerprint density at radius 1 is 1.29 bits per heavy atom. The molecule has 5 heterocycles. The zero-order chi connectivity index (χ0) is 23.6. The van der Waals surface area contributed by atoms with E-state index in [1.807, 2.05) is 24.3 Å². The molecule has 0 amide bonds. The molecule has 4 aromatic rings. The van der Waals surface area contributed by atoms with Crippen LogP contribution >= 0.6 is 15.9 Å². The van der Waals surface area contributed by atoms with Gasteiger partial charge in [-0.15, -0.1) is 0 Å². The van der Waals surface area contributed by atoms with Crippen LogP contribution in [0.5, 0.6) is 0 Å². The average molecular weight is 521 g/mol. The van der Waals surface area contributed by atoms with Gasteiger partial charge in [0.25, 0.3) is 5.56 Å². The monoisotopic (exact) mass is 520 g/mol. The number of carbonyl (C=O) groups is 2. The number of benzene rings is 1. The molecule has 6 rings (SSSR count). The van der Waals surface area contributed by atoms with Crippen molar-refractivity contribution in [1.29, 1.82) is 0 Å². The highest BCUT2D eigenvalue weighted by Gasteiger charge is 2.50. The highest BCUT2D eigenvalue weighted by atomic mass is 79.9. The number of esters is 1. The van der Waals surface area contributed by atoms with Crippen molar-refractivity contribution < 1.29 is 19.1 Å². The minimum absolute atomic E-state index is 0.0904. The van der Waals surface area contributed by atoms with Crippen molar-refractivity contribution in [3.8, 4) is 11.4 Å². The van der Waals surface area contributed by atoms with Crippen LogP contribution in [-0.2, 0) is 33.0 Å². The molecule has 0 bridgehead atoms. The molecule has 0 radical (unpaired) electrons. The van der Waals surface area contributed by atoms with Crippen LogP contribution in [0.2, 0.25) is 0 Å². The third-order valence-electron chi connectivity index (χ3n) is 6.44. The van der Waals surface area contributed by atoms with Crippen LogP contribution in [0.1, 0.15) is 30.0 Å². The number of ether oxygens (including phenoxy) is 2. The van der Waals surface area contributed by atoms with Gasteiger partial charge in [0.1, 0.15) is 12.9 Å². The predicted molar refractivity (Wildman–Crippen MR) is 124 cm³/mol. The lowest BCUT2D eigenvalue weighted by Gasteiger charge is -2.35. The maximum Gasteiger partial charge on any atom is 0.420 e. The smallest absolute Gasteiger partial charge is 0.420 e. The number of imidazole rings is 1. The highest BCUT2D eigenvalue weighted by Crippen LogP contribution is 2.41. The lowest BCUT2D eigenvalue weighted by atomic mass is 9.85. The standard InChI is InChI=1S/C24H17BrN4O5/c1-2-24(34-23(32)28-7-6-26-12-28)16-9-19-20-13(8-14-17(25)4-3-5-18(14)27-20)10-29(19)21(30)15(16)11-33-22(24)31/h3-9,12H,2,10-11H2,1H3/t24-/m0/s1. The number of rotatable bonds is 2. The second-order valence-electron chi connectivity index (χ2n) is 8.21. The lowest BCUT2D eigenvalue weighted by Crippen LogP contribution is -2.48. The molecular formula is C24H17BrN4O5. The number of hydrogen-bond donors (Lipinski definition) is 0. The number of nitrogens with zero attached hydrogens (tertiary/aromatic N) is 4. The Hall–Kier alpha value is -3.79. The van der Waals surface area contributed by atoms with Gasteiger partial charge in [0.05, 0.1) is 29.0 Å². The maximum atomic E-state index is 13.5. The Morgan fingerprint density at radius 3 is 2.91 bits per heavy atom. The molecule has 1 atom stereocenters. The van der Waals surface area contributed by atoms with Crippen molar-refractivity contribution in [1.82, 2.24) is 19.1 Å². The minimum atomic E-state index is -1.76. The lowest BCUT2D eigenvalue weighted by molar-refractivity contribution is -0.172. The third kappa shape index (κ3) is 2.81. The fourth-order valence-electron chi connectivity index (χ4n) is 4.69. The summed E-state index contributed by atoms with van der Waals surface area (Å²) in [5.74, 6) is -0.714. The third-order valence-corrected chi connectivity index (χ3v) is 7.13. The van der Waals surface area contributed by atoms with Crippen LogP contribution in [0, 0.1) is 0 Å². The Morgan fingerprint density at radius 2 is 2.15 bits per heavy atom. The normalized spacial score (nSPS) is 18.2. The number of halogens is 1. The van der Waals surface area contributed by atoms with Crippen LogP contribution in [0.3, 0.4) is 0 Å². The van der Waals surface area contributed by atoms with Crippen molar-refractivity contribution in [3.63, 3.8) is 0 Å². The molecule has 34 heavy (non-hydrogen) atoms. The van der Waals surface area contributed by atoms with E-state index in [4.69, 9.17) is 14.5 Å². The first-order chi connectivity index (χ1) is 16.4. The molecule has 3 aromatic heterocycles. The molecule has 0 saturated carbocycles. The van der Waals surface area contributed by atoms with Crippen LogP contribution < -0.4 is 5.56 Å². The molecule has 0 unspecified atom stereocenters. The molecule has 0 N–H and O–H groups in total. The quantitative estimate of drug-likeness (QED) is 0.326. The zero-order valence-corrected chi connectivity index (χ0v) is 19.5. The van der Waals surface area contributed by atoms with E-state index in [-0.39, 0.29) is 18.6 Å². The van der Waals surface area contributed by atoms with Crippen molar-refractivity contribution in [3.05, 3.63) is 80.6 Å². The molecule has 0 aliphatic carbocycles. The molecule has 170 valence electrons. The number of aromatic nitrogens is 4. The van der Waals surface area contributed by atoms with Gasteiger partial charge < -0.3 is 14.0 Å². The van der Waals surface area contributed by atoms with Crippen molar-refractivity contribution in [2.45, 2.75) is 32.1 Å². The van der Waals surface area contributed by atoms with Crippen molar-refractivity contribution in [2.24, 2.45) is 0 Å². The number of cyclic esters (lactones) is 1. The molecule has 9 nitrogen and oxygen atoms in total. The highest BCUT2D eigenvalue weighted by molar-refractivity contribution is 9.10. The molecule has 0 saturated heterocycles. The number of fused-ring (bicyclic) bond motifs is 5. The van der Waals surface area contributed by atoms with E-state index in [0.29, 0.717) is 29.1 Å². The predicted octanol–water partition coefficient (Wildman–Crippen LogP) is 3.73. The molecule has 2 aliphatic rings. The summed E-state index contributed by atoms with van der Waals surface area (Å²) in [4.78, 5) is 48.0. The van der Waals surface area contributed by atoms with E-state index in [1.54, 1.807) is 17.6 Å². The van der Waals surface area contributed by atoms with Crippen LogP contribution in [0.15, 0.2) is 58.3 Å². The fraction of sp³-hybridized carbons (Fsp3) is 0.208. The largest absolute Gasteiger partial charge is 0.457 e. The summed E-state index contributed by atoms with van der Waals surface area (Å²) in [6.45, 7) is 1.87.